The molecular formula is C19H24N4O3. The molecule has 0 unspecified atom stereocenters. The number of aromatic nitrogens is 2. The van der Waals surface area contributed by atoms with E-state index >= 15 is 0 Å². The first-order valence-corrected chi connectivity index (χ1v) is 8.85. The van der Waals surface area contributed by atoms with Gasteiger partial charge in [-0.3, -0.25) is 9.59 Å². The van der Waals surface area contributed by atoms with Crippen molar-refractivity contribution in [1.82, 2.24) is 20.2 Å². The highest BCUT2D eigenvalue weighted by Gasteiger charge is 2.28. The van der Waals surface area contributed by atoms with Gasteiger partial charge >= 0.3 is 0 Å². The molecule has 0 bridgehead atoms. The largest absolute Gasteiger partial charge is 0.493 e. The third kappa shape index (κ3) is 4.84. The highest BCUT2D eigenvalue weighted by molar-refractivity contribution is 5.76. The zero-order chi connectivity index (χ0) is 18.4. The van der Waals surface area contributed by atoms with Gasteiger partial charge in [0.15, 0.2) is 0 Å². The van der Waals surface area contributed by atoms with Crippen molar-refractivity contribution in [2.75, 3.05) is 19.7 Å². The molecule has 26 heavy (non-hydrogen) atoms. The predicted octanol–water partition coefficient (Wildman–Crippen LogP) is 1.83. The summed E-state index contributed by atoms with van der Waals surface area (Å²) in [4.78, 5) is 32.9. The molecule has 1 aliphatic heterocycles. The molecule has 138 valence electrons. The van der Waals surface area contributed by atoms with Crippen LogP contribution in [0.4, 0.5) is 0 Å². The lowest BCUT2D eigenvalue weighted by Gasteiger charge is -2.16. The number of likely N-dealkylation sites (tertiary alicyclic amines) is 1. The Morgan fingerprint density at radius 3 is 2.92 bits per heavy atom. The number of nitrogens with one attached hydrogen (secondary N) is 2. The first-order valence-electron chi connectivity index (χ1n) is 8.85. The molecule has 1 fully saturated rings. The van der Waals surface area contributed by atoms with E-state index in [1.54, 1.807) is 6.20 Å². The topological polar surface area (TPSA) is 87.3 Å². The summed E-state index contributed by atoms with van der Waals surface area (Å²) in [7, 11) is 0. The molecule has 1 saturated heterocycles. The molecule has 2 amide bonds. The molecule has 1 aromatic carbocycles. The summed E-state index contributed by atoms with van der Waals surface area (Å²) in [5.41, 5.74) is 0.872. The molecule has 2 aromatic rings. The number of carbonyl (C=O) groups is 2. The van der Waals surface area contributed by atoms with Gasteiger partial charge in [0.1, 0.15) is 11.6 Å². The van der Waals surface area contributed by atoms with Gasteiger partial charge in [0.05, 0.1) is 31.5 Å². The SMILES string of the molecule is CC(=O)NCc1cnc([C@@H]2CCN(C(=O)CCOc3ccccc3)C2)[nH]1. The van der Waals surface area contributed by atoms with Crippen LogP contribution in [0.1, 0.15) is 37.2 Å². The lowest BCUT2D eigenvalue weighted by atomic mass is 10.1. The standard InChI is InChI=1S/C19H24N4O3/c1-14(24)20-11-16-12-21-19(22-16)15-7-9-23(13-15)18(25)8-10-26-17-5-3-2-4-6-17/h2-6,12,15H,7-11,13H2,1H3,(H,20,24)(H,21,22)/t15-/m1/s1. The van der Waals surface area contributed by atoms with Gasteiger partial charge in [0.2, 0.25) is 11.8 Å². The Kier molecular flexibility index (Phi) is 5.88. The number of nitrogens with zero attached hydrogens (tertiary/aromatic N) is 2. The minimum atomic E-state index is -0.0727. The summed E-state index contributed by atoms with van der Waals surface area (Å²) < 4.78 is 5.60. The van der Waals surface area contributed by atoms with Gasteiger partial charge < -0.3 is 19.9 Å². The molecule has 7 nitrogen and oxygen atoms in total. The van der Waals surface area contributed by atoms with Gasteiger partial charge in [-0.25, -0.2) is 4.98 Å². The monoisotopic (exact) mass is 356 g/mol. The van der Waals surface area contributed by atoms with Crippen molar-refractivity contribution in [2.45, 2.75) is 32.2 Å². The minimum Gasteiger partial charge on any atom is -0.493 e. The number of aromatic amines is 1. The molecule has 0 radical (unpaired) electrons. The highest BCUT2D eigenvalue weighted by atomic mass is 16.5. The van der Waals surface area contributed by atoms with E-state index in [0.29, 0.717) is 26.1 Å². The molecule has 0 spiro atoms. The van der Waals surface area contributed by atoms with Crippen LogP contribution in [0.5, 0.6) is 5.75 Å². The summed E-state index contributed by atoms with van der Waals surface area (Å²) in [6.45, 7) is 3.70. The number of benzene rings is 1. The van der Waals surface area contributed by atoms with Crippen molar-refractivity contribution in [1.29, 1.82) is 0 Å². The van der Waals surface area contributed by atoms with E-state index in [1.807, 2.05) is 35.2 Å². The molecular weight excluding hydrogens is 332 g/mol. The molecule has 7 heteroatoms. The molecule has 2 heterocycles. The normalized spacial score (nSPS) is 16.5. The van der Waals surface area contributed by atoms with Crippen LogP contribution in [0.2, 0.25) is 0 Å². The van der Waals surface area contributed by atoms with Gasteiger partial charge in [0, 0.05) is 25.9 Å². The van der Waals surface area contributed by atoms with Gasteiger partial charge in [-0.1, -0.05) is 18.2 Å². The number of H-pyrrole nitrogens is 1. The van der Waals surface area contributed by atoms with Gasteiger partial charge in [-0.2, -0.15) is 0 Å². The van der Waals surface area contributed by atoms with Crippen LogP contribution < -0.4 is 10.1 Å². The summed E-state index contributed by atoms with van der Waals surface area (Å²) >= 11 is 0. The molecule has 0 saturated carbocycles. The number of hydrogen-bond donors (Lipinski definition) is 2. The van der Waals surface area contributed by atoms with E-state index < -0.39 is 0 Å². The Morgan fingerprint density at radius 1 is 1.35 bits per heavy atom. The number of carbonyl (C=O) groups excluding carboxylic acids is 2. The molecule has 3 rings (SSSR count). The maximum Gasteiger partial charge on any atom is 0.226 e. The van der Waals surface area contributed by atoms with Crippen molar-refractivity contribution < 1.29 is 14.3 Å². The lowest BCUT2D eigenvalue weighted by Crippen LogP contribution is -2.29. The van der Waals surface area contributed by atoms with Gasteiger partial charge in [-0.05, 0) is 18.6 Å². The predicted molar refractivity (Wildman–Crippen MR) is 96.6 cm³/mol. The summed E-state index contributed by atoms with van der Waals surface area (Å²) in [5.74, 6) is 1.90. The second-order valence-electron chi connectivity index (χ2n) is 6.44. The number of para-hydroxylation sites is 1. The molecule has 1 aromatic heterocycles. The van der Waals surface area contributed by atoms with Crippen molar-refractivity contribution >= 4 is 11.8 Å². The van der Waals surface area contributed by atoms with E-state index in [9.17, 15) is 9.59 Å². The van der Waals surface area contributed by atoms with E-state index in [-0.39, 0.29) is 17.7 Å². The quantitative estimate of drug-likeness (QED) is 0.792. The maximum absolute atomic E-state index is 12.4. The van der Waals surface area contributed by atoms with Crippen LogP contribution in [0, 0.1) is 0 Å². The fourth-order valence-electron chi connectivity index (χ4n) is 3.03. The second-order valence-corrected chi connectivity index (χ2v) is 6.44. The number of imidazole rings is 1. The molecule has 1 atom stereocenters. The zero-order valence-corrected chi connectivity index (χ0v) is 14.9. The third-order valence-electron chi connectivity index (χ3n) is 4.43. The number of amides is 2. The Morgan fingerprint density at radius 2 is 2.15 bits per heavy atom. The van der Waals surface area contributed by atoms with Crippen LogP contribution in [-0.2, 0) is 16.1 Å². The first kappa shape index (κ1) is 18.0. The molecule has 2 N–H and O–H groups in total. The van der Waals surface area contributed by atoms with Gasteiger partial charge in [-0.15, -0.1) is 0 Å². The van der Waals surface area contributed by atoms with Crippen molar-refractivity contribution in [2.24, 2.45) is 0 Å². The minimum absolute atomic E-state index is 0.0727. The van der Waals surface area contributed by atoms with Crippen molar-refractivity contribution in [3.05, 3.63) is 48.0 Å². The fraction of sp³-hybridized carbons (Fsp3) is 0.421. The van der Waals surface area contributed by atoms with E-state index in [4.69, 9.17) is 4.74 Å². The van der Waals surface area contributed by atoms with Crippen LogP contribution in [0.3, 0.4) is 0 Å². The van der Waals surface area contributed by atoms with E-state index in [1.165, 1.54) is 6.92 Å². The number of rotatable bonds is 7. The molecule has 1 aliphatic rings. The second kappa shape index (κ2) is 8.51. The van der Waals surface area contributed by atoms with E-state index in [0.717, 1.165) is 30.2 Å². The molecule has 0 aliphatic carbocycles. The fourth-order valence-corrected chi connectivity index (χ4v) is 3.03. The zero-order valence-electron chi connectivity index (χ0n) is 14.9. The van der Waals surface area contributed by atoms with Crippen LogP contribution in [0.15, 0.2) is 36.5 Å². The number of ether oxygens (including phenoxy) is 1. The maximum atomic E-state index is 12.4. The Hall–Kier alpha value is -2.83. The van der Waals surface area contributed by atoms with E-state index in [2.05, 4.69) is 15.3 Å². The Balaban J connectivity index is 1.44. The highest BCUT2D eigenvalue weighted by Crippen LogP contribution is 2.25. The lowest BCUT2D eigenvalue weighted by molar-refractivity contribution is -0.130. The average molecular weight is 356 g/mol. The summed E-state index contributed by atoms with van der Waals surface area (Å²) in [6.07, 6.45) is 3.00. The summed E-state index contributed by atoms with van der Waals surface area (Å²) in [6, 6.07) is 9.51. The van der Waals surface area contributed by atoms with Crippen LogP contribution in [-0.4, -0.2) is 46.4 Å². The third-order valence-corrected chi connectivity index (χ3v) is 4.43. The van der Waals surface area contributed by atoms with Crippen molar-refractivity contribution in [3.8, 4) is 5.75 Å². The summed E-state index contributed by atoms with van der Waals surface area (Å²) in [5, 5.41) is 2.74. The van der Waals surface area contributed by atoms with Crippen LogP contribution >= 0.6 is 0 Å². The average Bonchev–Trinajstić information content (AvgIpc) is 3.30. The van der Waals surface area contributed by atoms with Gasteiger partial charge in [0.25, 0.3) is 0 Å². The van der Waals surface area contributed by atoms with Crippen molar-refractivity contribution in [3.63, 3.8) is 0 Å². The van der Waals surface area contributed by atoms with Crippen LogP contribution in [0.25, 0.3) is 0 Å². The Bertz CT molecular complexity index is 744. The Labute approximate surface area is 152 Å². The smallest absolute Gasteiger partial charge is 0.226 e. The number of hydrogen-bond acceptors (Lipinski definition) is 4. The first-order chi connectivity index (χ1) is 12.6.